The van der Waals surface area contributed by atoms with E-state index in [0.717, 1.165) is 10.5 Å². The number of imide groups is 2. The molecule has 6 amide bonds. The lowest BCUT2D eigenvalue weighted by atomic mass is 9.73. The third kappa shape index (κ3) is 12.6. The lowest BCUT2D eigenvalue weighted by Gasteiger charge is -2.49. The first kappa shape index (κ1) is 49.6. The maximum Gasteiger partial charge on any atom is 0.264 e. The Balaban J connectivity index is 0.948. The van der Waals surface area contributed by atoms with Gasteiger partial charge in [-0.05, 0) is 81.7 Å². The number of sulfone groups is 1. The van der Waals surface area contributed by atoms with Gasteiger partial charge in [0.15, 0.2) is 9.84 Å². The predicted octanol–water partition coefficient (Wildman–Crippen LogP) is 4.71. The number of nitrogens with zero attached hydrogens (tertiary/aromatic N) is 2. The average molecular weight is 917 g/mol. The molecule has 0 spiro atoms. The summed E-state index contributed by atoms with van der Waals surface area (Å²) < 4.78 is 43.3. The highest BCUT2D eigenvalue weighted by molar-refractivity contribution is 7.92. The van der Waals surface area contributed by atoms with Crippen LogP contribution in [0, 0.1) is 11.3 Å². The summed E-state index contributed by atoms with van der Waals surface area (Å²) in [5.74, 6) is -2.98. The maximum atomic E-state index is 14.4. The fraction of sp³-hybridized carbons (Fsp3) is 0.600. The van der Waals surface area contributed by atoms with E-state index in [0.29, 0.717) is 89.1 Å². The van der Waals surface area contributed by atoms with Crippen molar-refractivity contribution in [3.8, 4) is 0 Å². The fourth-order valence-electron chi connectivity index (χ4n) is 8.16. The van der Waals surface area contributed by atoms with Crippen LogP contribution in [0.5, 0.6) is 0 Å². The van der Waals surface area contributed by atoms with Gasteiger partial charge in [-0.3, -0.25) is 39.0 Å². The molecule has 0 bridgehead atoms. The number of carbonyl (C=O) groups excluding carboxylic acids is 6. The number of likely N-dealkylation sites (tertiary alicyclic amines) is 1. The molecule has 0 aromatic heterocycles. The zero-order valence-corrected chi connectivity index (χ0v) is 38.5. The Morgan fingerprint density at radius 2 is 1.49 bits per heavy atom. The van der Waals surface area contributed by atoms with Crippen molar-refractivity contribution in [1.29, 1.82) is 0 Å². The molecule has 0 saturated carbocycles. The summed E-state index contributed by atoms with van der Waals surface area (Å²) in [6.45, 7) is 12.1. The number of halogens is 1. The van der Waals surface area contributed by atoms with Crippen molar-refractivity contribution in [1.82, 2.24) is 20.4 Å². The molecule has 2 saturated heterocycles. The van der Waals surface area contributed by atoms with E-state index >= 15 is 0 Å². The Labute approximate surface area is 375 Å². The number of hydrogen-bond acceptors (Lipinski definition) is 12. The fourth-order valence-corrected chi connectivity index (χ4v) is 9.69. The number of ether oxygens (including phenoxy) is 3. The van der Waals surface area contributed by atoms with E-state index in [4.69, 9.17) is 25.8 Å². The second-order valence-electron chi connectivity index (χ2n) is 17.2. The molecule has 3 aliphatic rings. The van der Waals surface area contributed by atoms with Crippen LogP contribution in [0.1, 0.15) is 112 Å². The average Bonchev–Trinajstić information content (AvgIpc) is 3.48. The maximum absolute atomic E-state index is 14.4. The van der Waals surface area contributed by atoms with Crippen LogP contribution in [0.25, 0.3) is 0 Å². The van der Waals surface area contributed by atoms with E-state index in [-0.39, 0.29) is 59.9 Å². The van der Waals surface area contributed by atoms with Crippen LogP contribution in [0.2, 0.25) is 5.02 Å². The topological polar surface area (TPSA) is 207 Å². The van der Waals surface area contributed by atoms with Gasteiger partial charge in [0.2, 0.25) is 23.6 Å². The van der Waals surface area contributed by atoms with Crippen molar-refractivity contribution >= 4 is 62.6 Å². The molecule has 0 aliphatic carbocycles. The van der Waals surface area contributed by atoms with Crippen LogP contribution in [0.4, 0.5) is 5.69 Å². The summed E-state index contributed by atoms with van der Waals surface area (Å²) in [6.07, 6.45) is 2.35. The molecule has 3 heterocycles. The smallest absolute Gasteiger partial charge is 0.264 e. The molecule has 2 aromatic rings. The molecule has 5 rings (SSSR count). The summed E-state index contributed by atoms with van der Waals surface area (Å²) in [7, 11) is -3.49. The summed E-state index contributed by atoms with van der Waals surface area (Å²) in [6, 6.07) is 10.3. The molecular formula is C45H62ClN5O11S. The normalized spacial score (nSPS) is 21.0. The van der Waals surface area contributed by atoms with Crippen LogP contribution in [0.3, 0.4) is 0 Å². The molecular weight excluding hydrogens is 854 g/mol. The Kier molecular flexibility index (Phi) is 17.7. The van der Waals surface area contributed by atoms with Crippen molar-refractivity contribution in [2.75, 3.05) is 63.8 Å². The second kappa shape index (κ2) is 22.5. The Morgan fingerprint density at radius 3 is 2.11 bits per heavy atom. The lowest BCUT2D eigenvalue weighted by molar-refractivity contribution is -0.156. The van der Waals surface area contributed by atoms with E-state index in [1.165, 1.54) is 0 Å². The van der Waals surface area contributed by atoms with Crippen LogP contribution in [0.15, 0.2) is 42.5 Å². The predicted molar refractivity (Wildman–Crippen MR) is 237 cm³/mol. The van der Waals surface area contributed by atoms with Gasteiger partial charge < -0.3 is 29.7 Å². The van der Waals surface area contributed by atoms with Gasteiger partial charge in [-0.1, -0.05) is 50.6 Å². The van der Waals surface area contributed by atoms with Crippen LogP contribution < -0.4 is 16.0 Å². The molecule has 3 aliphatic heterocycles. The first-order valence-electron chi connectivity index (χ1n) is 21.8. The van der Waals surface area contributed by atoms with E-state index in [2.05, 4.69) is 16.0 Å². The van der Waals surface area contributed by atoms with Gasteiger partial charge in [-0.25, -0.2) is 8.42 Å². The van der Waals surface area contributed by atoms with Gasteiger partial charge in [0.1, 0.15) is 6.04 Å². The third-order valence-corrected chi connectivity index (χ3v) is 14.4. The zero-order chi connectivity index (χ0) is 45.9. The minimum Gasteiger partial charge on any atom is -0.384 e. The number of fused-ring (bicyclic) bond motifs is 1. The van der Waals surface area contributed by atoms with Crippen molar-refractivity contribution in [3.05, 3.63) is 64.2 Å². The molecule has 2 aromatic carbocycles. The molecule has 2 unspecified atom stereocenters. The van der Waals surface area contributed by atoms with Crippen LogP contribution in [-0.2, 0) is 43.2 Å². The number of carbonyl (C=O) groups is 6. The quantitative estimate of drug-likeness (QED) is 0.0968. The molecule has 2 fully saturated rings. The molecule has 0 radical (unpaired) electrons. The van der Waals surface area contributed by atoms with Gasteiger partial charge in [0, 0.05) is 55.9 Å². The first-order chi connectivity index (χ1) is 29.9. The Bertz CT molecular complexity index is 2080. The van der Waals surface area contributed by atoms with Gasteiger partial charge in [0.05, 0.1) is 60.0 Å². The summed E-state index contributed by atoms with van der Waals surface area (Å²) in [5.41, 5.74) is 0.788. The van der Waals surface area contributed by atoms with E-state index in [1.807, 2.05) is 26.0 Å². The van der Waals surface area contributed by atoms with Crippen molar-refractivity contribution in [2.45, 2.75) is 103 Å². The van der Waals surface area contributed by atoms with Crippen molar-refractivity contribution < 1.29 is 51.4 Å². The monoisotopic (exact) mass is 915 g/mol. The first-order valence-corrected chi connectivity index (χ1v) is 23.9. The number of amides is 6. The van der Waals surface area contributed by atoms with E-state index < -0.39 is 56.2 Å². The minimum atomic E-state index is -3.49. The number of piperidine rings is 2. The molecule has 4 atom stereocenters. The standard InChI is InChI=1S/C45H62ClN5O11S/c1-29(2)37(28-63(58,59)30(3)4)50-35(31-11-13-32(46)14-12-31)17-18-45(5,44(50)57)27-39(53)48-20-8-22-61-24-26-62-25-23-60-21-7-19-47-34-10-6-9-33-40(34)43(56)51(42(33)55)36-15-16-38(52)49-41(36)54/h6,9-14,29-30,35-37,47H,7-8,15-28H2,1-5H3,(H,48,53)(H,49,52,54)/t35-,36?,37?,45+/m0/s1. The van der Waals surface area contributed by atoms with Gasteiger partial charge >= 0.3 is 0 Å². The summed E-state index contributed by atoms with van der Waals surface area (Å²) in [4.78, 5) is 80.5. The van der Waals surface area contributed by atoms with Crippen molar-refractivity contribution in [3.63, 3.8) is 0 Å². The molecule has 16 nitrogen and oxygen atoms in total. The van der Waals surface area contributed by atoms with Crippen LogP contribution >= 0.6 is 11.6 Å². The number of hydrogen-bond donors (Lipinski definition) is 3. The summed E-state index contributed by atoms with van der Waals surface area (Å²) in [5, 5.41) is 8.29. The van der Waals surface area contributed by atoms with E-state index in [9.17, 15) is 37.2 Å². The number of rotatable bonds is 24. The van der Waals surface area contributed by atoms with Crippen LogP contribution in [-0.4, -0.2) is 129 Å². The van der Waals surface area contributed by atoms with Gasteiger partial charge in [0.25, 0.3) is 11.8 Å². The molecule has 63 heavy (non-hydrogen) atoms. The van der Waals surface area contributed by atoms with Crippen molar-refractivity contribution in [2.24, 2.45) is 11.3 Å². The minimum absolute atomic E-state index is 0.0181. The third-order valence-electron chi connectivity index (χ3n) is 11.9. The second-order valence-corrected chi connectivity index (χ2v) is 20.3. The molecule has 18 heteroatoms. The van der Waals surface area contributed by atoms with Gasteiger partial charge in [-0.15, -0.1) is 0 Å². The Morgan fingerprint density at radius 1 is 0.857 bits per heavy atom. The largest absolute Gasteiger partial charge is 0.384 e. The van der Waals surface area contributed by atoms with Gasteiger partial charge in [-0.2, -0.15) is 0 Å². The SMILES string of the molecule is CC(C)C(CS(=O)(=O)C(C)C)N1C(=O)[C@@](C)(CC(=O)NCCCOCCOCCOCCCNc2cccc3c2C(=O)N(C2CCC(=O)NC2=O)C3=O)CC[C@H]1c1ccc(Cl)cc1. The summed E-state index contributed by atoms with van der Waals surface area (Å²) >= 11 is 6.17. The number of anilines is 1. The molecule has 3 N–H and O–H groups in total. The lowest BCUT2D eigenvalue weighted by Crippen LogP contribution is -2.57. The Hall–Kier alpha value is -4.42. The highest BCUT2D eigenvalue weighted by atomic mass is 35.5. The number of nitrogens with one attached hydrogen (secondary N) is 3. The molecule has 346 valence electrons. The number of benzene rings is 2. The highest BCUT2D eigenvalue weighted by Crippen LogP contribution is 2.45. The zero-order valence-electron chi connectivity index (χ0n) is 36.9. The highest BCUT2D eigenvalue weighted by Gasteiger charge is 2.49. The van der Waals surface area contributed by atoms with E-state index in [1.54, 1.807) is 56.0 Å².